The molecule has 2 unspecified atom stereocenters. The van der Waals surface area contributed by atoms with Crippen molar-refractivity contribution in [3.63, 3.8) is 0 Å². The molecule has 30 heavy (non-hydrogen) atoms. The Bertz CT molecular complexity index is 857. The van der Waals surface area contributed by atoms with Gasteiger partial charge in [-0.3, -0.25) is 0 Å². The van der Waals surface area contributed by atoms with Crippen molar-refractivity contribution in [1.82, 2.24) is 25.0 Å². The fourth-order valence-corrected chi connectivity index (χ4v) is 4.11. The van der Waals surface area contributed by atoms with Crippen molar-refractivity contribution in [2.24, 2.45) is 12.0 Å². The molecule has 8 heteroatoms. The van der Waals surface area contributed by atoms with Crippen molar-refractivity contribution in [3.8, 4) is 5.75 Å². The van der Waals surface area contributed by atoms with Crippen LogP contribution < -0.4 is 10.1 Å². The number of benzene rings is 1. The number of aromatic nitrogens is 3. The van der Waals surface area contributed by atoms with Crippen LogP contribution in [-0.4, -0.2) is 65.1 Å². The van der Waals surface area contributed by atoms with Crippen molar-refractivity contribution in [1.29, 1.82) is 0 Å². The van der Waals surface area contributed by atoms with Crippen LogP contribution in [0.1, 0.15) is 42.4 Å². The van der Waals surface area contributed by atoms with Crippen LogP contribution in [0, 0.1) is 6.92 Å². The van der Waals surface area contributed by atoms with E-state index in [2.05, 4.69) is 32.5 Å². The van der Waals surface area contributed by atoms with Gasteiger partial charge in [-0.2, -0.15) is 0 Å². The summed E-state index contributed by atoms with van der Waals surface area (Å²) in [7, 11) is 3.68. The van der Waals surface area contributed by atoms with Crippen LogP contribution in [-0.2, 0) is 18.3 Å². The molecule has 2 atom stereocenters. The van der Waals surface area contributed by atoms with Crippen LogP contribution in [0.5, 0.6) is 5.75 Å². The average molecular weight is 413 g/mol. The molecule has 1 N–H and O–H groups in total. The number of ether oxygens (including phenoxy) is 2. The minimum absolute atomic E-state index is 0.271. The van der Waals surface area contributed by atoms with Gasteiger partial charge in [0.25, 0.3) is 0 Å². The van der Waals surface area contributed by atoms with Crippen molar-refractivity contribution < 1.29 is 9.47 Å². The lowest BCUT2D eigenvalue weighted by molar-refractivity contribution is 0.113. The molecule has 0 radical (unpaired) electrons. The molecular weight excluding hydrogens is 380 g/mol. The first-order valence-electron chi connectivity index (χ1n) is 10.8. The van der Waals surface area contributed by atoms with Gasteiger partial charge in [-0.15, -0.1) is 10.2 Å². The summed E-state index contributed by atoms with van der Waals surface area (Å²) in [6, 6.07) is 8.43. The van der Waals surface area contributed by atoms with Crippen LogP contribution >= 0.6 is 0 Å². The van der Waals surface area contributed by atoms with Gasteiger partial charge in [0.2, 0.25) is 0 Å². The number of likely N-dealkylation sites (tertiary alicyclic amines) is 1. The molecule has 0 saturated carbocycles. The largest absolute Gasteiger partial charge is 0.497 e. The summed E-state index contributed by atoms with van der Waals surface area (Å²) >= 11 is 0. The first-order valence-corrected chi connectivity index (χ1v) is 10.8. The smallest absolute Gasteiger partial charge is 0.194 e. The highest BCUT2D eigenvalue weighted by molar-refractivity contribution is 5.80. The Morgan fingerprint density at radius 1 is 1.27 bits per heavy atom. The second kappa shape index (κ2) is 9.47. The highest BCUT2D eigenvalue weighted by Crippen LogP contribution is 2.28. The first-order chi connectivity index (χ1) is 14.6. The van der Waals surface area contributed by atoms with Crippen molar-refractivity contribution in [2.75, 3.05) is 33.4 Å². The molecule has 0 amide bonds. The predicted molar refractivity (Wildman–Crippen MR) is 116 cm³/mol. The van der Waals surface area contributed by atoms with Gasteiger partial charge in [-0.1, -0.05) is 12.1 Å². The van der Waals surface area contributed by atoms with E-state index in [4.69, 9.17) is 14.5 Å². The molecule has 2 fully saturated rings. The Kier molecular flexibility index (Phi) is 6.52. The first kappa shape index (κ1) is 20.7. The van der Waals surface area contributed by atoms with E-state index in [1.54, 1.807) is 7.11 Å². The Morgan fingerprint density at radius 2 is 2.10 bits per heavy atom. The molecule has 8 nitrogen and oxygen atoms in total. The number of rotatable bonds is 6. The molecule has 0 bridgehead atoms. The summed E-state index contributed by atoms with van der Waals surface area (Å²) in [5.74, 6) is 4.09. The number of hydrogen-bond acceptors (Lipinski definition) is 5. The van der Waals surface area contributed by atoms with E-state index in [1.807, 2.05) is 30.7 Å². The third kappa shape index (κ3) is 4.75. The van der Waals surface area contributed by atoms with E-state index in [0.29, 0.717) is 12.5 Å². The molecule has 1 aromatic carbocycles. The van der Waals surface area contributed by atoms with Gasteiger partial charge < -0.3 is 24.3 Å². The summed E-state index contributed by atoms with van der Waals surface area (Å²) in [4.78, 5) is 7.25. The zero-order valence-corrected chi connectivity index (χ0v) is 18.2. The monoisotopic (exact) mass is 412 g/mol. The third-order valence-corrected chi connectivity index (χ3v) is 6.14. The van der Waals surface area contributed by atoms with E-state index in [0.717, 1.165) is 68.9 Å². The molecule has 2 aliphatic rings. The number of nitrogens with zero attached hydrogens (tertiary/aromatic N) is 5. The maximum atomic E-state index is 5.79. The summed E-state index contributed by atoms with van der Waals surface area (Å²) in [6.45, 7) is 6.04. The van der Waals surface area contributed by atoms with Gasteiger partial charge in [-0.05, 0) is 43.9 Å². The number of hydrogen-bond donors (Lipinski definition) is 1. The summed E-state index contributed by atoms with van der Waals surface area (Å²) < 4.78 is 13.1. The maximum Gasteiger partial charge on any atom is 0.194 e. The molecule has 0 aliphatic carbocycles. The van der Waals surface area contributed by atoms with Crippen molar-refractivity contribution in [3.05, 3.63) is 41.5 Å². The Morgan fingerprint density at radius 3 is 2.77 bits per heavy atom. The van der Waals surface area contributed by atoms with Crippen LogP contribution in [0.4, 0.5) is 0 Å². The molecule has 2 saturated heterocycles. The van der Waals surface area contributed by atoms with Gasteiger partial charge in [0.05, 0.1) is 13.2 Å². The van der Waals surface area contributed by atoms with Crippen LogP contribution in [0.2, 0.25) is 0 Å². The molecule has 4 rings (SSSR count). The molecule has 3 heterocycles. The average Bonchev–Trinajstić information content (AvgIpc) is 3.52. The Hall–Kier alpha value is -2.61. The number of aryl methyl sites for hydroxylation is 1. The predicted octanol–water partition coefficient (Wildman–Crippen LogP) is 2.25. The lowest BCUT2D eigenvalue weighted by Gasteiger charge is -2.23. The van der Waals surface area contributed by atoms with Gasteiger partial charge in [0, 0.05) is 39.2 Å². The number of methoxy groups -OCH3 is 1. The Labute approximate surface area is 178 Å². The second-order valence-corrected chi connectivity index (χ2v) is 8.08. The van der Waals surface area contributed by atoms with Gasteiger partial charge in [0.15, 0.2) is 11.8 Å². The van der Waals surface area contributed by atoms with Gasteiger partial charge >= 0.3 is 0 Å². The molecular formula is C22H32N6O2. The third-order valence-electron chi connectivity index (χ3n) is 6.14. The lowest BCUT2D eigenvalue weighted by atomic mass is 9.98. The SMILES string of the molecule is COc1ccc(C2CCN(C(=NCc3nnc(C)n3C)NCC3CCCO3)C2)cc1. The lowest BCUT2D eigenvalue weighted by Crippen LogP contribution is -2.43. The fraction of sp³-hybridized carbons (Fsp3) is 0.591. The maximum absolute atomic E-state index is 5.79. The zero-order valence-electron chi connectivity index (χ0n) is 18.2. The normalized spacial score (nSPS) is 22.0. The topological polar surface area (TPSA) is 76.8 Å². The summed E-state index contributed by atoms with van der Waals surface area (Å²) in [6.07, 6.45) is 3.63. The van der Waals surface area contributed by atoms with Crippen molar-refractivity contribution in [2.45, 2.75) is 44.8 Å². The standard InChI is InChI=1S/C22H32N6O2/c1-16-25-26-21(27(16)2)14-24-22(23-13-20-5-4-12-30-20)28-11-10-18(15-28)17-6-8-19(29-3)9-7-17/h6-9,18,20H,4-5,10-15H2,1-3H3,(H,23,24). The Balaban J connectivity index is 1.45. The molecule has 162 valence electrons. The fourth-order valence-electron chi connectivity index (χ4n) is 4.11. The minimum atomic E-state index is 0.271. The molecule has 0 spiro atoms. The quantitative estimate of drug-likeness (QED) is 0.579. The van der Waals surface area contributed by atoms with E-state index < -0.39 is 0 Å². The van der Waals surface area contributed by atoms with Crippen LogP contribution in [0.3, 0.4) is 0 Å². The van der Waals surface area contributed by atoms with Crippen molar-refractivity contribution >= 4 is 5.96 Å². The number of aliphatic imine (C=N–C) groups is 1. The minimum Gasteiger partial charge on any atom is -0.497 e. The van der Waals surface area contributed by atoms with E-state index >= 15 is 0 Å². The highest BCUT2D eigenvalue weighted by atomic mass is 16.5. The van der Waals surface area contributed by atoms with Gasteiger partial charge in [0.1, 0.15) is 18.1 Å². The van der Waals surface area contributed by atoms with Crippen LogP contribution in [0.15, 0.2) is 29.3 Å². The number of nitrogens with one attached hydrogen (secondary N) is 1. The molecule has 2 aliphatic heterocycles. The summed E-state index contributed by atoms with van der Waals surface area (Å²) in [5, 5.41) is 12.0. The van der Waals surface area contributed by atoms with Crippen LogP contribution in [0.25, 0.3) is 0 Å². The molecule has 2 aromatic rings. The second-order valence-electron chi connectivity index (χ2n) is 8.08. The van der Waals surface area contributed by atoms with E-state index in [1.165, 1.54) is 5.56 Å². The van der Waals surface area contributed by atoms with E-state index in [-0.39, 0.29) is 6.10 Å². The van der Waals surface area contributed by atoms with Gasteiger partial charge in [-0.25, -0.2) is 4.99 Å². The summed E-state index contributed by atoms with van der Waals surface area (Å²) in [5.41, 5.74) is 1.35. The molecule has 1 aromatic heterocycles. The van der Waals surface area contributed by atoms with E-state index in [9.17, 15) is 0 Å². The number of guanidine groups is 1. The highest BCUT2D eigenvalue weighted by Gasteiger charge is 2.27. The zero-order chi connectivity index (χ0) is 20.9.